The second-order valence-corrected chi connectivity index (χ2v) is 6.92. The van der Waals surface area contributed by atoms with Crippen molar-refractivity contribution in [1.82, 2.24) is 15.6 Å². The number of nitrogens with zero attached hydrogens (tertiary/aromatic N) is 3. The third-order valence-electron chi connectivity index (χ3n) is 4.14. The van der Waals surface area contributed by atoms with Gasteiger partial charge in [-0.1, -0.05) is 0 Å². The van der Waals surface area contributed by atoms with E-state index in [4.69, 9.17) is 9.40 Å². The first-order valence-electron chi connectivity index (χ1n) is 9.09. The number of hydrogen-bond acceptors (Lipinski definition) is 5. The van der Waals surface area contributed by atoms with E-state index in [1.807, 2.05) is 12.1 Å². The molecule has 3 heterocycles. The number of rotatable bonds is 8. The number of thiazole rings is 1. The van der Waals surface area contributed by atoms with Crippen LogP contribution in [-0.2, 0) is 12.8 Å². The summed E-state index contributed by atoms with van der Waals surface area (Å²) < 4.78 is 5.34. The first-order valence-corrected chi connectivity index (χ1v) is 9.97. The fourth-order valence-electron chi connectivity index (χ4n) is 2.85. The molecule has 1 fully saturated rings. The first-order chi connectivity index (χ1) is 12.3. The minimum absolute atomic E-state index is 0.707. The van der Waals surface area contributed by atoms with E-state index in [2.05, 4.69) is 32.8 Å². The van der Waals surface area contributed by atoms with Gasteiger partial charge in [-0.2, -0.15) is 0 Å². The van der Waals surface area contributed by atoms with E-state index >= 15 is 0 Å². The Morgan fingerprint density at radius 1 is 1.32 bits per heavy atom. The highest BCUT2D eigenvalue weighted by atomic mass is 32.1. The molecule has 1 saturated heterocycles. The largest absolute Gasteiger partial charge is 0.469 e. The molecule has 0 bridgehead atoms. The van der Waals surface area contributed by atoms with Crippen LogP contribution >= 0.6 is 11.3 Å². The summed E-state index contributed by atoms with van der Waals surface area (Å²) in [5, 5.41) is 10.0. The van der Waals surface area contributed by atoms with E-state index in [1.54, 1.807) is 17.6 Å². The van der Waals surface area contributed by atoms with Crippen LogP contribution in [0.5, 0.6) is 0 Å². The number of anilines is 1. The average Bonchev–Trinajstić information content (AvgIpc) is 3.37. The summed E-state index contributed by atoms with van der Waals surface area (Å²) in [4.78, 5) is 11.7. The molecule has 6 nitrogen and oxygen atoms in total. The minimum atomic E-state index is 0.707. The Hall–Kier alpha value is -2.02. The normalized spacial score (nSPS) is 14.9. The van der Waals surface area contributed by atoms with Gasteiger partial charge < -0.3 is 20.0 Å². The van der Waals surface area contributed by atoms with Gasteiger partial charge in [0.15, 0.2) is 11.1 Å². The van der Waals surface area contributed by atoms with Crippen LogP contribution in [0.25, 0.3) is 0 Å². The van der Waals surface area contributed by atoms with Crippen molar-refractivity contribution in [2.45, 2.75) is 32.6 Å². The van der Waals surface area contributed by atoms with Gasteiger partial charge in [0.1, 0.15) is 5.76 Å². The molecule has 0 amide bonds. The van der Waals surface area contributed by atoms with Crippen molar-refractivity contribution < 1.29 is 4.42 Å². The van der Waals surface area contributed by atoms with Gasteiger partial charge >= 0.3 is 0 Å². The quantitative estimate of drug-likeness (QED) is 0.559. The molecule has 25 heavy (non-hydrogen) atoms. The van der Waals surface area contributed by atoms with Crippen molar-refractivity contribution in [1.29, 1.82) is 0 Å². The molecule has 0 saturated carbocycles. The van der Waals surface area contributed by atoms with Crippen LogP contribution in [0.4, 0.5) is 5.13 Å². The smallest absolute Gasteiger partial charge is 0.191 e. The Morgan fingerprint density at radius 3 is 2.96 bits per heavy atom. The molecule has 7 heteroatoms. The summed E-state index contributed by atoms with van der Waals surface area (Å²) in [6.07, 6.45) is 6.00. The number of guanidine groups is 1. The van der Waals surface area contributed by atoms with Gasteiger partial charge in [-0.05, 0) is 31.9 Å². The Bertz CT molecular complexity index is 646. The van der Waals surface area contributed by atoms with Crippen LogP contribution < -0.4 is 15.5 Å². The first kappa shape index (κ1) is 17.8. The molecule has 0 unspecified atom stereocenters. The lowest BCUT2D eigenvalue weighted by Gasteiger charge is -2.12. The van der Waals surface area contributed by atoms with E-state index in [1.165, 1.54) is 18.0 Å². The molecule has 2 N–H and O–H groups in total. The van der Waals surface area contributed by atoms with Gasteiger partial charge in [-0.25, -0.2) is 4.98 Å². The van der Waals surface area contributed by atoms with E-state index < -0.39 is 0 Å². The van der Waals surface area contributed by atoms with Crippen LogP contribution in [0.2, 0.25) is 0 Å². The van der Waals surface area contributed by atoms with Gasteiger partial charge in [0.25, 0.3) is 0 Å². The number of aliphatic imine (C=N–C) groups is 1. The predicted molar refractivity (Wildman–Crippen MR) is 104 cm³/mol. The second kappa shape index (κ2) is 9.46. The molecule has 136 valence electrons. The minimum Gasteiger partial charge on any atom is -0.469 e. The second-order valence-electron chi connectivity index (χ2n) is 6.08. The maximum atomic E-state index is 5.34. The lowest BCUT2D eigenvalue weighted by molar-refractivity contribution is 0.510. The number of aromatic nitrogens is 1. The fourth-order valence-corrected chi connectivity index (χ4v) is 3.76. The van der Waals surface area contributed by atoms with Gasteiger partial charge in [-0.3, -0.25) is 4.99 Å². The van der Waals surface area contributed by atoms with E-state index in [-0.39, 0.29) is 0 Å². The molecule has 0 aromatic carbocycles. The Balaban J connectivity index is 1.43. The van der Waals surface area contributed by atoms with E-state index in [9.17, 15) is 0 Å². The molecule has 0 atom stereocenters. The summed E-state index contributed by atoms with van der Waals surface area (Å²) in [7, 11) is 0. The topological polar surface area (TPSA) is 65.7 Å². The Morgan fingerprint density at radius 2 is 2.20 bits per heavy atom. The van der Waals surface area contributed by atoms with Crippen molar-refractivity contribution in [2.24, 2.45) is 4.99 Å². The van der Waals surface area contributed by atoms with Crippen molar-refractivity contribution in [3.63, 3.8) is 0 Å². The summed E-state index contributed by atoms with van der Waals surface area (Å²) >= 11 is 1.76. The third-order valence-corrected chi connectivity index (χ3v) is 5.09. The van der Waals surface area contributed by atoms with E-state index in [0.717, 1.165) is 56.4 Å². The van der Waals surface area contributed by atoms with Gasteiger partial charge in [0.2, 0.25) is 0 Å². The lowest BCUT2D eigenvalue weighted by Crippen LogP contribution is -2.38. The van der Waals surface area contributed by atoms with Gasteiger partial charge in [0.05, 0.1) is 12.0 Å². The lowest BCUT2D eigenvalue weighted by atomic mass is 10.3. The average molecular weight is 362 g/mol. The van der Waals surface area contributed by atoms with Crippen LogP contribution in [-0.4, -0.2) is 43.7 Å². The van der Waals surface area contributed by atoms with Crippen molar-refractivity contribution in [3.8, 4) is 0 Å². The summed E-state index contributed by atoms with van der Waals surface area (Å²) in [5.41, 5.74) is 1.16. The molecule has 0 spiro atoms. The SMILES string of the molecule is CCNC(=NCCc1ccco1)NCCc1csc(N2CCCC2)n1. The highest BCUT2D eigenvalue weighted by Gasteiger charge is 2.15. The molecule has 2 aromatic heterocycles. The number of hydrogen-bond donors (Lipinski definition) is 2. The molecule has 2 aromatic rings. The van der Waals surface area contributed by atoms with Gasteiger partial charge in [0, 0.05) is 50.9 Å². The molecular weight excluding hydrogens is 334 g/mol. The highest BCUT2D eigenvalue weighted by molar-refractivity contribution is 7.13. The summed E-state index contributed by atoms with van der Waals surface area (Å²) in [5.74, 6) is 1.82. The van der Waals surface area contributed by atoms with Crippen LogP contribution in [0.1, 0.15) is 31.2 Å². The van der Waals surface area contributed by atoms with Gasteiger partial charge in [-0.15, -0.1) is 11.3 Å². The fraction of sp³-hybridized carbons (Fsp3) is 0.556. The Labute approximate surface area is 153 Å². The van der Waals surface area contributed by atoms with E-state index in [0.29, 0.717) is 6.54 Å². The zero-order valence-electron chi connectivity index (χ0n) is 14.8. The maximum Gasteiger partial charge on any atom is 0.191 e. The predicted octanol–water partition coefficient (Wildman–Crippen LogP) is 2.68. The standard InChI is InChI=1S/C18H27N5OS/c1-2-19-17(21-10-8-16-6-5-13-24-16)20-9-7-15-14-25-18(22-15)23-11-3-4-12-23/h5-6,13-14H,2-4,7-12H2,1H3,(H2,19,20,21). The monoisotopic (exact) mass is 361 g/mol. The van der Waals surface area contributed by atoms with Crippen molar-refractivity contribution >= 4 is 22.4 Å². The highest BCUT2D eigenvalue weighted by Crippen LogP contribution is 2.24. The Kier molecular flexibility index (Phi) is 6.73. The maximum absolute atomic E-state index is 5.34. The molecule has 3 rings (SSSR count). The molecule has 1 aliphatic heterocycles. The molecule has 1 aliphatic rings. The summed E-state index contributed by atoms with van der Waals surface area (Å²) in [6, 6.07) is 3.89. The van der Waals surface area contributed by atoms with Crippen LogP contribution in [0.3, 0.4) is 0 Å². The molecule has 0 aliphatic carbocycles. The van der Waals surface area contributed by atoms with Crippen molar-refractivity contribution in [3.05, 3.63) is 35.2 Å². The summed E-state index contributed by atoms with van der Waals surface area (Å²) in [6.45, 7) is 6.76. The zero-order chi connectivity index (χ0) is 17.3. The van der Waals surface area contributed by atoms with Crippen LogP contribution in [0.15, 0.2) is 33.2 Å². The molecular formula is C18H27N5OS. The van der Waals surface area contributed by atoms with Crippen molar-refractivity contribution in [2.75, 3.05) is 37.6 Å². The molecule has 0 radical (unpaired) electrons. The van der Waals surface area contributed by atoms with Crippen LogP contribution in [0, 0.1) is 0 Å². The third kappa shape index (κ3) is 5.49. The zero-order valence-corrected chi connectivity index (χ0v) is 15.6. The number of furan rings is 1. The number of nitrogens with one attached hydrogen (secondary N) is 2.